The lowest BCUT2D eigenvalue weighted by Crippen LogP contribution is -2.55. The van der Waals surface area contributed by atoms with E-state index in [-0.39, 0.29) is 0 Å². The monoisotopic (exact) mass is 274 g/mol. The van der Waals surface area contributed by atoms with Gasteiger partial charge in [-0.05, 0) is 91.3 Å². The third kappa shape index (κ3) is 1.60. The lowest BCUT2D eigenvalue weighted by molar-refractivity contribution is -0.144. The number of hydrogen-bond acceptors (Lipinski definition) is 0. The van der Waals surface area contributed by atoms with E-state index < -0.39 is 0 Å². The van der Waals surface area contributed by atoms with Crippen molar-refractivity contribution in [2.45, 2.75) is 85.5 Å². The molecule has 0 N–H and O–H groups in total. The van der Waals surface area contributed by atoms with Crippen LogP contribution in [-0.2, 0) is 0 Å². The van der Waals surface area contributed by atoms with Crippen LogP contribution in [0.5, 0.6) is 0 Å². The zero-order valence-corrected chi connectivity index (χ0v) is 14.2. The SMILES string of the molecule is C[C@H]1C[C@@]23CC[C@@H]4C(C)(C)CCC[C@@]4(C)[C@@H]2CC[C@@H]1C3. The van der Waals surface area contributed by atoms with Crippen LogP contribution in [-0.4, -0.2) is 0 Å². The van der Waals surface area contributed by atoms with Gasteiger partial charge in [-0.2, -0.15) is 0 Å². The van der Waals surface area contributed by atoms with Gasteiger partial charge in [-0.3, -0.25) is 0 Å². The second-order valence-corrected chi connectivity index (χ2v) is 10.1. The summed E-state index contributed by atoms with van der Waals surface area (Å²) in [5.41, 5.74) is 2.06. The fraction of sp³-hybridized carbons (Fsp3) is 1.00. The van der Waals surface area contributed by atoms with Gasteiger partial charge in [0, 0.05) is 0 Å². The Kier molecular flexibility index (Phi) is 2.76. The van der Waals surface area contributed by atoms with Crippen molar-refractivity contribution in [2.75, 3.05) is 0 Å². The third-order valence-electron chi connectivity index (χ3n) is 8.77. The van der Waals surface area contributed by atoms with Crippen molar-refractivity contribution >= 4 is 0 Å². The van der Waals surface area contributed by atoms with Crippen molar-refractivity contribution in [3.05, 3.63) is 0 Å². The molecule has 0 unspecified atom stereocenters. The lowest BCUT2D eigenvalue weighted by atomic mass is 9.41. The average molecular weight is 274 g/mol. The molecule has 0 aliphatic heterocycles. The molecule has 6 atom stereocenters. The minimum Gasteiger partial charge on any atom is -0.0622 e. The fourth-order valence-corrected chi connectivity index (χ4v) is 8.12. The molecule has 4 saturated carbocycles. The summed E-state index contributed by atoms with van der Waals surface area (Å²) in [4.78, 5) is 0. The summed E-state index contributed by atoms with van der Waals surface area (Å²) < 4.78 is 0. The topological polar surface area (TPSA) is 0 Å². The maximum Gasteiger partial charge on any atom is -0.0258 e. The molecule has 0 aromatic heterocycles. The summed E-state index contributed by atoms with van der Waals surface area (Å²) in [6, 6.07) is 0. The number of fused-ring (bicyclic) bond motifs is 3. The van der Waals surface area contributed by atoms with Crippen LogP contribution < -0.4 is 0 Å². The van der Waals surface area contributed by atoms with Crippen molar-refractivity contribution < 1.29 is 0 Å². The largest absolute Gasteiger partial charge is 0.0622 e. The van der Waals surface area contributed by atoms with Gasteiger partial charge < -0.3 is 0 Å². The summed E-state index contributed by atoms with van der Waals surface area (Å²) in [5.74, 6) is 4.18. The zero-order valence-electron chi connectivity index (χ0n) is 14.2. The van der Waals surface area contributed by atoms with Crippen LogP contribution in [0, 0.1) is 39.9 Å². The van der Waals surface area contributed by atoms with Crippen molar-refractivity contribution in [3.63, 3.8) is 0 Å². The molecule has 0 heteroatoms. The van der Waals surface area contributed by atoms with E-state index in [9.17, 15) is 0 Å². The van der Waals surface area contributed by atoms with E-state index in [1.807, 2.05) is 0 Å². The van der Waals surface area contributed by atoms with Gasteiger partial charge in [0.25, 0.3) is 0 Å². The molecule has 0 aromatic carbocycles. The van der Waals surface area contributed by atoms with E-state index in [0.29, 0.717) is 10.8 Å². The third-order valence-corrected chi connectivity index (χ3v) is 8.77. The lowest BCUT2D eigenvalue weighted by Gasteiger charge is -2.64. The first-order valence-corrected chi connectivity index (χ1v) is 9.37. The molecule has 2 bridgehead atoms. The predicted molar refractivity (Wildman–Crippen MR) is 85.5 cm³/mol. The Balaban J connectivity index is 1.72. The fourth-order valence-electron chi connectivity index (χ4n) is 8.12. The molecule has 0 amide bonds. The molecule has 20 heavy (non-hydrogen) atoms. The molecular formula is C20H34. The highest BCUT2D eigenvalue weighted by Gasteiger charge is 2.63. The van der Waals surface area contributed by atoms with Crippen LogP contribution in [0.2, 0.25) is 0 Å². The second kappa shape index (κ2) is 4.05. The Morgan fingerprint density at radius 3 is 2.40 bits per heavy atom. The van der Waals surface area contributed by atoms with E-state index in [2.05, 4.69) is 27.7 Å². The first kappa shape index (κ1) is 13.6. The summed E-state index contributed by atoms with van der Waals surface area (Å²) in [6.07, 6.45) is 13.9. The molecule has 4 aliphatic rings. The maximum absolute atomic E-state index is 2.72. The van der Waals surface area contributed by atoms with Gasteiger partial charge in [0.15, 0.2) is 0 Å². The van der Waals surface area contributed by atoms with E-state index in [0.717, 1.165) is 29.1 Å². The molecule has 4 fully saturated rings. The van der Waals surface area contributed by atoms with Gasteiger partial charge in [0.2, 0.25) is 0 Å². The Morgan fingerprint density at radius 1 is 0.800 bits per heavy atom. The standard InChI is InChI=1S/C20H34/c1-14-12-20-11-8-16-18(2,3)9-5-10-19(16,4)17(20)7-6-15(14)13-20/h14-17H,5-13H2,1-4H3/t14-,15+,16+,17-,19+,20+/m0/s1. The Hall–Kier alpha value is 0. The minimum atomic E-state index is 0.607. The molecule has 0 nitrogen and oxygen atoms in total. The van der Waals surface area contributed by atoms with Gasteiger partial charge >= 0.3 is 0 Å². The molecule has 0 aromatic rings. The van der Waals surface area contributed by atoms with Gasteiger partial charge in [-0.1, -0.05) is 34.1 Å². The van der Waals surface area contributed by atoms with E-state index in [1.165, 1.54) is 19.3 Å². The molecular weight excluding hydrogens is 240 g/mol. The van der Waals surface area contributed by atoms with Crippen LogP contribution in [0.3, 0.4) is 0 Å². The molecule has 1 spiro atoms. The van der Waals surface area contributed by atoms with Crippen LogP contribution in [0.4, 0.5) is 0 Å². The highest BCUT2D eigenvalue weighted by atomic mass is 14.7. The van der Waals surface area contributed by atoms with E-state index in [1.54, 1.807) is 38.5 Å². The molecule has 0 saturated heterocycles. The summed E-state index contributed by atoms with van der Waals surface area (Å²) in [6.45, 7) is 10.4. The van der Waals surface area contributed by atoms with Crippen molar-refractivity contribution in [2.24, 2.45) is 39.9 Å². The molecule has 114 valence electrons. The van der Waals surface area contributed by atoms with Gasteiger partial charge in [0.1, 0.15) is 0 Å². The Morgan fingerprint density at radius 2 is 1.60 bits per heavy atom. The molecule has 4 aliphatic carbocycles. The first-order valence-electron chi connectivity index (χ1n) is 9.37. The Labute approximate surface area is 126 Å². The van der Waals surface area contributed by atoms with Crippen LogP contribution in [0.1, 0.15) is 85.5 Å². The number of rotatable bonds is 0. The van der Waals surface area contributed by atoms with E-state index >= 15 is 0 Å². The smallest absolute Gasteiger partial charge is 0.0258 e. The van der Waals surface area contributed by atoms with Gasteiger partial charge in [-0.25, -0.2) is 0 Å². The van der Waals surface area contributed by atoms with Crippen LogP contribution in [0.25, 0.3) is 0 Å². The molecule has 0 radical (unpaired) electrons. The molecule has 4 rings (SSSR count). The first-order chi connectivity index (χ1) is 9.37. The zero-order chi connectivity index (χ0) is 14.2. The quantitative estimate of drug-likeness (QED) is 0.504. The van der Waals surface area contributed by atoms with Gasteiger partial charge in [-0.15, -0.1) is 0 Å². The highest BCUT2D eigenvalue weighted by Crippen LogP contribution is 2.72. The van der Waals surface area contributed by atoms with Crippen LogP contribution >= 0.6 is 0 Å². The van der Waals surface area contributed by atoms with Crippen LogP contribution in [0.15, 0.2) is 0 Å². The average Bonchev–Trinajstić information content (AvgIpc) is 2.58. The predicted octanol–water partition coefficient (Wildman–Crippen LogP) is 6.06. The number of hydrogen-bond donors (Lipinski definition) is 0. The normalized spacial score (nSPS) is 57.0. The molecule has 0 heterocycles. The van der Waals surface area contributed by atoms with Crippen molar-refractivity contribution in [1.82, 2.24) is 0 Å². The van der Waals surface area contributed by atoms with E-state index in [4.69, 9.17) is 0 Å². The highest BCUT2D eigenvalue weighted by molar-refractivity contribution is 5.12. The van der Waals surface area contributed by atoms with Gasteiger partial charge in [0.05, 0.1) is 0 Å². The Bertz CT molecular complexity index is 404. The maximum atomic E-state index is 2.72. The summed E-state index contributed by atoms with van der Waals surface area (Å²) in [7, 11) is 0. The van der Waals surface area contributed by atoms with Crippen molar-refractivity contribution in [3.8, 4) is 0 Å². The minimum absolute atomic E-state index is 0.607. The van der Waals surface area contributed by atoms with Crippen molar-refractivity contribution in [1.29, 1.82) is 0 Å². The summed E-state index contributed by atoms with van der Waals surface area (Å²) >= 11 is 0. The second-order valence-electron chi connectivity index (χ2n) is 10.1. The summed E-state index contributed by atoms with van der Waals surface area (Å²) in [5, 5.41) is 0.